The maximum absolute atomic E-state index is 11.6. The predicted molar refractivity (Wildman–Crippen MR) is 71.8 cm³/mol. The summed E-state index contributed by atoms with van der Waals surface area (Å²) in [6, 6.07) is 7.96. The van der Waals surface area contributed by atoms with Crippen molar-refractivity contribution < 1.29 is 9.53 Å². The summed E-state index contributed by atoms with van der Waals surface area (Å²) in [6.07, 6.45) is 0.761. The Kier molecular flexibility index (Phi) is 4.03. The van der Waals surface area contributed by atoms with Crippen molar-refractivity contribution in [2.24, 2.45) is 0 Å². The Bertz CT molecular complexity index is 522. The zero-order chi connectivity index (χ0) is 13.8. The van der Waals surface area contributed by atoms with Crippen LogP contribution in [0.25, 0.3) is 0 Å². The van der Waals surface area contributed by atoms with Crippen LogP contribution in [0.1, 0.15) is 31.4 Å². The molecular formula is C14H17N3O2. The lowest BCUT2D eigenvalue weighted by Gasteiger charge is -2.25. The Hall–Kier alpha value is -2.06. The molecule has 1 aliphatic rings. The third-order valence-electron chi connectivity index (χ3n) is 3.23. The molecule has 1 aliphatic heterocycles. The third kappa shape index (κ3) is 2.85. The van der Waals surface area contributed by atoms with Gasteiger partial charge in [-0.05, 0) is 38.1 Å². The number of nitriles is 1. The first-order valence-corrected chi connectivity index (χ1v) is 6.31. The Morgan fingerprint density at radius 2 is 2.37 bits per heavy atom. The Labute approximate surface area is 112 Å². The Morgan fingerprint density at radius 1 is 1.58 bits per heavy atom. The van der Waals surface area contributed by atoms with Crippen molar-refractivity contribution in [3.63, 3.8) is 0 Å². The first-order chi connectivity index (χ1) is 9.15. The average Bonchev–Trinajstić information content (AvgIpc) is 2.41. The lowest BCUT2D eigenvalue weighted by atomic mass is 10.0. The van der Waals surface area contributed by atoms with Crippen LogP contribution in [0.5, 0.6) is 5.75 Å². The van der Waals surface area contributed by atoms with Crippen molar-refractivity contribution in [2.75, 3.05) is 12.4 Å². The van der Waals surface area contributed by atoms with Crippen LogP contribution in [0.4, 0.5) is 5.69 Å². The molecule has 1 aromatic carbocycles. The average molecular weight is 259 g/mol. The third-order valence-corrected chi connectivity index (χ3v) is 3.23. The molecule has 100 valence electrons. The van der Waals surface area contributed by atoms with Crippen molar-refractivity contribution in [1.82, 2.24) is 5.32 Å². The molecule has 0 spiro atoms. The molecule has 2 N–H and O–H groups in total. The van der Waals surface area contributed by atoms with Gasteiger partial charge >= 0.3 is 0 Å². The number of ether oxygens (including phenoxy) is 1. The van der Waals surface area contributed by atoms with Crippen LogP contribution in [-0.2, 0) is 4.79 Å². The summed E-state index contributed by atoms with van der Waals surface area (Å²) >= 11 is 0. The number of carbonyl (C=O) groups is 1. The van der Waals surface area contributed by atoms with Crippen LogP contribution in [0.2, 0.25) is 0 Å². The molecule has 0 aromatic heterocycles. The molecule has 0 saturated carbocycles. The topological polar surface area (TPSA) is 74.2 Å². The van der Waals surface area contributed by atoms with E-state index in [2.05, 4.69) is 16.7 Å². The van der Waals surface area contributed by atoms with E-state index in [-0.39, 0.29) is 11.9 Å². The van der Waals surface area contributed by atoms with Gasteiger partial charge in [-0.1, -0.05) is 6.07 Å². The highest BCUT2D eigenvalue weighted by Gasteiger charge is 2.24. The molecule has 1 amide bonds. The minimum atomic E-state index is -0.461. The second kappa shape index (κ2) is 5.72. The number of hydrogen-bond donors (Lipinski definition) is 2. The summed E-state index contributed by atoms with van der Waals surface area (Å²) in [5, 5.41) is 14.7. The first kappa shape index (κ1) is 13.4. The number of nitrogens with one attached hydrogen (secondary N) is 2. The van der Waals surface area contributed by atoms with Gasteiger partial charge in [-0.15, -0.1) is 0 Å². The minimum Gasteiger partial charge on any atom is -0.479 e. The van der Waals surface area contributed by atoms with E-state index in [0.717, 1.165) is 12.0 Å². The minimum absolute atomic E-state index is 0.0983. The van der Waals surface area contributed by atoms with E-state index in [4.69, 9.17) is 10.00 Å². The van der Waals surface area contributed by atoms with Gasteiger partial charge < -0.3 is 15.4 Å². The lowest BCUT2D eigenvalue weighted by Crippen LogP contribution is -2.34. The number of amides is 1. The molecule has 0 radical (unpaired) electrons. The molecule has 2 rings (SSSR count). The van der Waals surface area contributed by atoms with Gasteiger partial charge in [0, 0.05) is 12.5 Å². The Morgan fingerprint density at radius 3 is 3.05 bits per heavy atom. The summed E-state index contributed by atoms with van der Waals surface area (Å²) in [6.45, 7) is 1.72. The lowest BCUT2D eigenvalue weighted by molar-refractivity contribution is -0.122. The SMILES string of the molecule is CNC(CCC#N)c1ccc2c(c1)NC(=O)C(C)O2. The van der Waals surface area contributed by atoms with Crippen LogP contribution in [0, 0.1) is 11.3 Å². The summed E-state index contributed by atoms with van der Waals surface area (Å²) < 4.78 is 5.51. The van der Waals surface area contributed by atoms with E-state index in [1.807, 2.05) is 25.2 Å². The molecular weight excluding hydrogens is 242 g/mol. The number of fused-ring (bicyclic) bond motifs is 1. The predicted octanol–water partition coefficient (Wildman–Crippen LogP) is 1.97. The summed E-state index contributed by atoms with van der Waals surface area (Å²) in [7, 11) is 1.86. The molecule has 0 fully saturated rings. The van der Waals surface area contributed by atoms with Gasteiger partial charge in [0.25, 0.3) is 5.91 Å². The summed E-state index contributed by atoms with van der Waals surface area (Å²) in [4.78, 5) is 11.6. The van der Waals surface area contributed by atoms with E-state index < -0.39 is 6.10 Å². The molecule has 1 heterocycles. The van der Waals surface area contributed by atoms with Crippen LogP contribution in [-0.4, -0.2) is 19.1 Å². The first-order valence-electron chi connectivity index (χ1n) is 6.31. The highest BCUT2D eigenvalue weighted by molar-refractivity contribution is 5.97. The normalized spacial score (nSPS) is 18.8. The van der Waals surface area contributed by atoms with E-state index in [0.29, 0.717) is 17.9 Å². The van der Waals surface area contributed by atoms with E-state index in [1.54, 1.807) is 6.92 Å². The van der Waals surface area contributed by atoms with Gasteiger partial charge in [0.2, 0.25) is 0 Å². The number of nitrogens with zero attached hydrogens (tertiary/aromatic N) is 1. The van der Waals surface area contributed by atoms with Gasteiger partial charge in [0.05, 0.1) is 11.8 Å². The molecule has 0 bridgehead atoms. The van der Waals surface area contributed by atoms with E-state index >= 15 is 0 Å². The van der Waals surface area contributed by atoms with Crippen LogP contribution < -0.4 is 15.4 Å². The fraction of sp³-hybridized carbons (Fsp3) is 0.429. The quantitative estimate of drug-likeness (QED) is 0.867. The van der Waals surface area contributed by atoms with Gasteiger partial charge in [0.15, 0.2) is 6.10 Å². The molecule has 1 aromatic rings. The van der Waals surface area contributed by atoms with Crippen molar-refractivity contribution in [3.05, 3.63) is 23.8 Å². The summed E-state index contributed by atoms with van der Waals surface area (Å²) in [5.74, 6) is 0.550. The van der Waals surface area contributed by atoms with Crippen molar-refractivity contribution in [3.8, 4) is 11.8 Å². The highest BCUT2D eigenvalue weighted by Crippen LogP contribution is 2.32. The van der Waals surface area contributed by atoms with E-state index in [9.17, 15) is 4.79 Å². The highest BCUT2D eigenvalue weighted by atomic mass is 16.5. The zero-order valence-corrected chi connectivity index (χ0v) is 11.1. The van der Waals surface area contributed by atoms with Crippen molar-refractivity contribution >= 4 is 11.6 Å². The second-order valence-electron chi connectivity index (χ2n) is 4.54. The Balaban J connectivity index is 2.23. The molecule has 0 aliphatic carbocycles. The van der Waals surface area contributed by atoms with Crippen LogP contribution in [0.15, 0.2) is 18.2 Å². The van der Waals surface area contributed by atoms with Crippen molar-refractivity contribution in [2.45, 2.75) is 31.9 Å². The molecule has 2 atom stereocenters. The van der Waals surface area contributed by atoms with Gasteiger partial charge in [-0.25, -0.2) is 0 Å². The molecule has 0 saturated heterocycles. The summed E-state index contributed by atoms with van der Waals surface area (Å²) in [5.41, 5.74) is 1.73. The number of benzene rings is 1. The molecule has 5 nitrogen and oxygen atoms in total. The zero-order valence-electron chi connectivity index (χ0n) is 11.1. The molecule has 5 heteroatoms. The fourth-order valence-electron chi connectivity index (χ4n) is 2.13. The second-order valence-corrected chi connectivity index (χ2v) is 4.54. The largest absolute Gasteiger partial charge is 0.479 e. The fourth-order valence-corrected chi connectivity index (χ4v) is 2.13. The standard InChI is InChI=1S/C14H17N3O2/c1-9-14(18)17-12-8-10(5-6-13(12)19-9)11(16-2)4-3-7-15/h5-6,8-9,11,16H,3-4H2,1-2H3,(H,17,18). The van der Waals surface area contributed by atoms with Gasteiger partial charge in [-0.3, -0.25) is 4.79 Å². The molecule has 19 heavy (non-hydrogen) atoms. The number of hydrogen-bond acceptors (Lipinski definition) is 4. The smallest absolute Gasteiger partial charge is 0.265 e. The number of carbonyl (C=O) groups excluding carboxylic acids is 1. The maximum Gasteiger partial charge on any atom is 0.265 e. The van der Waals surface area contributed by atoms with Crippen LogP contribution >= 0.6 is 0 Å². The van der Waals surface area contributed by atoms with Crippen LogP contribution in [0.3, 0.4) is 0 Å². The van der Waals surface area contributed by atoms with Gasteiger partial charge in [-0.2, -0.15) is 5.26 Å². The van der Waals surface area contributed by atoms with Crippen molar-refractivity contribution in [1.29, 1.82) is 5.26 Å². The number of anilines is 1. The monoisotopic (exact) mass is 259 g/mol. The van der Waals surface area contributed by atoms with Gasteiger partial charge in [0.1, 0.15) is 5.75 Å². The van der Waals surface area contributed by atoms with E-state index in [1.165, 1.54) is 0 Å². The maximum atomic E-state index is 11.6. The molecule has 2 unspecified atom stereocenters. The number of rotatable bonds is 4.